The molecular weight excluding hydrogens is 254 g/mol. The van der Waals surface area contributed by atoms with E-state index in [1.807, 2.05) is 38.1 Å². The Kier molecular flexibility index (Phi) is 5.28. The number of ether oxygens (including phenoxy) is 2. The standard InChI is InChI=1S/C13H18ClNO3/c1-13(2,15-12(16)8-14)9-18-11-6-4-10(17-3)5-7-11/h4-7H,8-9H2,1-3H3,(H,15,16). The first-order chi connectivity index (χ1) is 8.46. The van der Waals surface area contributed by atoms with Crippen molar-refractivity contribution >= 4 is 17.5 Å². The number of hydrogen-bond donors (Lipinski definition) is 1. The molecule has 0 saturated carbocycles. The number of halogens is 1. The van der Waals surface area contributed by atoms with Gasteiger partial charge in [0.1, 0.15) is 24.0 Å². The fourth-order valence-electron chi connectivity index (χ4n) is 1.38. The lowest BCUT2D eigenvalue weighted by Crippen LogP contribution is -2.48. The topological polar surface area (TPSA) is 47.6 Å². The van der Waals surface area contributed by atoms with Gasteiger partial charge >= 0.3 is 0 Å². The van der Waals surface area contributed by atoms with Crippen molar-refractivity contribution in [2.75, 3.05) is 19.6 Å². The molecule has 0 spiro atoms. The van der Waals surface area contributed by atoms with Crippen molar-refractivity contribution in [3.05, 3.63) is 24.3 Å². The van der Waals surface area contributed by atoms with Gasteiger partial charge in [0.25, 0.3) is 0 Å². The molecule has 0 heterocycles. The summed E-state index contributed by atoms with van der Waals surface area (Å²) in [6.07, 6.45) is 0. The Morgan fingerprint density at radius 1 is 1.28 bits per heavy atom. The van der Waals surface area contributed by atoms with Gasteiger partial charge in [0.2, 0.25) is 5.91 Å². The van der Waals surface area contributed by atoms with E-state index in [-0.39, 0.29) is 11.8 Å². The zero-order valence-electron chi connectivity index (χ0n) is 10.8. The fourth-order valence-corrected chi connectivity index (χ4v) is 1.45. The second kappa shape index (κ2) is 6.50. The molecule has 1 rings (SSSR count). The first kappa shape index (κ1) is 14.6. The van der Waals surface area contributed by atoms with Crippen LogP contribution in [0.15, 0.2) is 24.3 Å². The van der Waals surface area contributed by atoms with E-state index in [1.54, 1.807) is 7.11 Å². The lowest BCUT2D eigenvalue weighted by atomic mass is 10.1. The SMILES string of the molecule is COc1ccc(OCC(C)(C)NC(=O)CCl)cc1. The first-order valence-corrected chi connectivity index (χ1v) is 6.14. The van der Waals surface area contributed by atoms with Crippen LogP contribution in [0.3, 0.4) is 0 Å². The Bertz CT molecular complexity index is 390. The van der Waals surface area contributed by atoms with Crippen LogP contribution in [-0.4, -0.2) is 31.0 Å². The molecule has 1 aromatic rings. The fraction of sp³-hybridized carbons (Fsp3) is 0.462. The Morgan fingerprint density at radius 2 is 1.83 bits per heavy atom. The largest absolute Gasteiger partial charge is 0.497 e. The molecule has 0 aliphatic rings. The van der Waals surface area contributed by atoms with Gasteiger partial charge in [0.05, 0.1) is 12.6 Å². The summed E-state index contributed by atoms with van der Waals surface area (Å²) in [5.41, 5.74) is -0.466. The molecule has 0 aromatic heterocycles. The maximum atomic E-state index is 11.2. The number of amides is 1. The Labute approximate surface area is 112 Å². The van der Waals surface area contributed by atoms with E-state index in [9.17, 15) is 4.79 Å². The average Bonchev–Trinajstić information content (AvgIpc) is 2.36. The molecule has 0 radical (unpaired) electrons. The molecule has 0 fully saturated rings. The van der Waals surface area contributed by atoms with Gasteiger partial charge in [-0.1, -0.05) is 0 Å². The van der Waals surface area contributed by atoms with Crippen molar-refractivity contribution in [2.45, 2.75) is 19.4 Å². The molecular formula is C13H18ClNO3. The summed E-state index contributed by atoms with van der Waals surface area (Å²) in [6.45, 7) is 4.11. The molecule has 1 amide bonds. The van der Waals surface area contributed by atoms with Crippen molar-refractivity contribution in [3.8, 4) is 11.5 Å². The normalized spacial score (nSPS) is 10.9. The molecule has 0 bridgehead atoms. The van der Waals surface area contributed by atoms with Crippen molar-refractivity contribution < 1.29 is 14.3 Å². The monoisotopic (exact) mass is 271 g/mol. The second-order valence-corrected chi connectivity index (χ2v) is 4.80. The van der Waals surface area contributed by atoms with Gasteiger partial charge in [-0.2, -0.15) is 0 Å². The van der Waals surface area contributed by atoms with Gasteiger partial charge in [-0.15, -0.1) is 11.6 Å². The second-order valence-electron chi connectivity index (χ2n) is 4.53. The van der Waals surface area contributed by atoms with E-state index in [0.717, 1.165) is 11.5 Å². The molecule has 100 valence electrons. The summed E-state index contributed by atoms with van der Waals surface area (Å²) in [4.78, 5) is 11.2. The number of nitrogens with one attached hydrogen (secondary N) is 1. The molecule has 18 heavy (non-hydrogen) atoms. The minimum atomic E-state index is -0.466. The third kappa shape index (κ3) is 4.84. The van der Waals surface area contributed by atoms with Crippen molar-refractivity contribution in [1.29, 1.82) is 0 Å². The maximum Gasteiger partial charge on any atom is 0.235 e. The molecule has 0 aliphatic heterocycles. The highest BCUT2D eigenvalue weighted by Gasteiger charge is 2.20. The third-order valence-electron chi connectivity index (χ3n) is 2.26. The van der Waals surface area contributed by atoms with Crippen molar-refractivity contribution in [2.24, 2.45) is 0 Å². The van der Waals surface area contributed by atoms with Gasteiger partial charge in [-0.3, -0.25) is 4.79 Å². The Morgan fingerprint density at radius 3 is 2.33 bits per heavy atom. The van der Waals surface area contributed by atoms with E-state index in [4.69, 9.17) is 21.1 Å². The van der Waals surface area contributed by atoms with Crippen LogP contribution in [0.2, 0.25) is 0 Å². The minimum Gasteiger partial charge on any atom is -0.497 e. The lowest BCUT2D eigenvalue weighted by molar-refractivity contribution is -0.120. The first-order valence-electron chi connectivity index (χ1n) is 5.61. The predicted molar refractivity (Wildman–Crippen MR) is 71.4 cm³/mol. The summed E-state index contributed by atoms with van der Waals surface area (Å²) >= 11 is 5.44. The summed E-state index contributed by atoms with van der Waals surface area (Å²) in [5, 5.41) is 2.78. The highest BCUT2D eigenvalue weighted by atomic mass is 35.5. The number of hydrogen-bond acceptors (Lipinski definition) is 3. The summed E-state index contributed by atoms with van der Waals surface area (Å²) in [7, 11) is 1.61. The van der Waals surface area contributed by atoms with E-state index in [0.29, 0.717) is 6.61 Å². The highest BCUT2D eigenvalue weighted by molar-refractivity contribution is 6.27. The van der Waals surface area contributed by atoms with E-state index < -0.39 is 5.54 Å². The molecule has 0 aliphatic carbocycles. The van der Waals surface area contributed by atoms with Gasteiger partial charge < -0.3 is 14.8 Å². The summed E-state index contributed by atoms with van der Waals surface area (Å²) in [5.74, 6) is 1.24. The average molecular weight is 272 g/mol. The number of carbonyl (C=O) groups excluding carboxylic acids is 1. The van der Waals surface area contributed by atoms with Crippen LogP contribution in [-0.2, 0) is 4.79 Å². The molecule has 5 heteroatoms. The van der Waals surface area contributed by atoms with Gasteiger partial charge in [0.15, 0.2) is 0 Å². The van der Waals surface area contributed by atoms with Crippen molar-refractivity contribution in [1.82, 2.24) is 5.32 Å². The highest BCUT2D eigenvalue weighted by Crippen LogP contribution is 2.18. The van der Waals surface area contributed by atoms with Gasteiger partial charge in [-0.25, -0.2) is 0 Å². The van der Waals surface area contributed by atoms with Crippen LogP contribution in [0.5, 0.6) is 11.5 Å². The zero-order valence-corrected chi connectivity index (χ0v) is 11.6. The summed E-state index contributed by atoms with van der Waals surface area (Å²) < 4.78 is 10.7. The molecule has 0 saturated heterocycles. The smallest absolute Gasteiger partial charge is 0.235 e. The number of methoxy groups -OCH3 is 1. The Hall–Kier alpha value is -1.42. The number of carbonyl (C=O) groups is 1. The molecule has 0 unspecified atom stereocenters. The van der Waals surface area contributed by atoms with Crippen LogP contribution >= 0.6 is 11.6 Å². The maximum absolute atomic E-state index is 11.2. The van der Waals surface area contributed by atoms with E-state index in [1.165, 1.54) is 0 Å². The Balaban J connectivity index is 2.50. The zero-order chi connectivity index (χ0) is 13.6. The lowest BCUT2D eigenvalue weighted by Gasteiger charge is -2.25. The van der Waals surface area contributed by atoms with Crippen LogP contribution in [0.1, 0.15) is 13.8 Å². The molecule has 1 aromatic carbocycles. The predicted octanol–water partition coefficient (Wildman–Crippen LogP) is 2.21. The van der Waals surface area contributed by atoms with Gasteiger partial charge in [-0.05, 0) is 38.1 Å². The quantitative estimate of drug-likeness (QED) is 0.807. The van der Waals surface area contributed by atoms with E-state index in [2.05, 4.69) is 5.32 Å². The van der Waals surface area contributed by atoms with Crippen LogP contribution < -0.4 is 14.8 Å². The van der Waals surface area contributed by atoms with Crippen LogP contribution in [0, 0.1) is 0 Å². The van der Waals surface area contributed by atoms with E-state index >= 15 is 0 Å². The molecule has 1 N–H and O–H groups in total. The third-order valence-corrected chi connectivity index (χ3v) is 2.50. The van der Waals surface area contributed by atoms with Crippen molar-refractivity contribution in [3.63, 3.8) is 0 Å². The van der Waals surface area contributed by atoms with Crippen LogP contribution in [0.4, 0.5) is 0 Å². The molecule has 0 atom stereocenters. The van der Waals surface area contributed by atoms with Crippen LogP contribution in [0.25, 0.3) is 0 Å². The van der Waals surface area contributed by atoms with Gasteiger partial charge in [0, 0.05) is 0 Å². The summed E-state index contributed by atoms with van der Waals surface area (Å²) in [6, 6.07) is 7.27. The number of rotatable bonds is 6. The number of benzene rings is 1. The number of alkyl halides is 1. The molecule has 4 nitrogen and oxygen atoms in total. The minimum absolute atomic E-state index is 0.0496.